The average Bonchev–Trinajstić information content (AvgIpc) is 2.65. The fraction of sp³-hybridized carbons (Fsp3) is 0. The quantitative estimate of drug-likeness (QED) is 0.370. The molecule has 11 nitrogen and oxygen atoms in total. The molecule has 2 rings (SSSR count). The van der Waals surface area contributed by atoms with Gasteiger partial charge in [0.2, 0.25) is 0 Å². The summed E-state index contributed by atoms with van der Waals surface area (Å²) in [4.78, 5) is 19.8. The van der Waals surface area contributed by atoms with E-state index in [1.807, 2.05) is 0 Å². The van der Waals surface area contributed by atoms with E-state index in [0.29, 0.717) is 0 Å². The number of nitro benzene ring substituents is 2. The first-order chi connectivity index (χ1) is 7.95. The standard InChI is InChI=1S/C6H5N7O4/c7-1-3-4(10-11-9-3)6(13(16)17)2(8)5(1)12(14)15/h7-8H2,(H,9,10,11). The minimum absolute atomic E-state index is 0.155. The number of H-pyrrole nitrogens is 1. The molecule has 0 fully saturated rings. The number of nitrogen functional groups attached to an aromatic ring is 2. The van der Waals surface area contributed by atoms with Gasteiger partial charge in [-0.1, -0.05) is 0 Å². The van der Waals surface area contributed by atoms with Crippen LogP contribution in [0.5, 0.6) is 0 Å². The summed E-state index contributed by atoms with van der Waals surface area (Å²) in [5.41, 5.74) is 8.04. The normalized spacial score (nSPS) is 10.6. The van der Waals surface area contributed by atoms with Crippen LogP contribution in [0, 0.1) is 20.2 Å². The molecule has 0 saturated carbocycles. The Hall–Kier alpha value is -2.98. The van der Waals surface area contributed by atoms with Crippen molar-refractivity contribution in [3.8, 4) is 0 Å². The molecule has 1 aromatic carbocycles. The van der Waals surface area contributed by atoms with Crippen LogP contribution in [0.2, 0.25) is 0 Å². The molecule has 0 bridgehead atoms. The third-order valence-electron chi connectivity index (χ3n) is 2.16. The van der Waals surface area contributed by atoms with E-state index in [4.69, 9.17) is 11.5 Å². The molecule has 0 amide bonds. The Bertz CT molecular complexity index is 647. The molecule has 0 aliphatic carbocycles. The van der Waals surface area contributed by atoms with Gasteiger partial charge in [0.1, 0.15) is 11.2 Å². The minimum atomic E-state index is -0.897. The number of fused-ring (bicyclic) bond motifs is 1. The van der Waals surface area contributed by atoms with Crippen molar-refractivity contribution in [1.82, 2.24) is 15.4 Å². The molecule has 2 aromatic rings. The first-order valence-electron chi connectivity index (χ1n) is 4.15. The maximum absolute atomic E-state index is 10.8. The number of hydrogen-bond donors (Lipinski definition) is 3. The smallest absolute Gasteiger partial charge is 0.328 e. The molecule has 1 heterocycles. The number of aromatic nitrogens is 3. The van der Waals surface area contributed by atoms with Gasteiger partial charge >= 0.3 is 11.4 Å². The molecule has 0 radical (unpaired) electrons. The fourth-order valence-electron chi connectivity index (χ4n) is 1.46. The summed E-state index contributed by atoms with van der Waals surface area (Å²) >= 11 is 0. The molecule has 0 saturated heterocycles. The number of nitro groups is 2. The monoisotopic (exact) mass is 239 g/mol. The van der Waals surface area contributed by atoms with E-state index >= 15 is 0 Å². The van der Waals surface area contributed by atoms with Crippen LogP contribution >= 0.6 is 0 Å². The molecule has 0 spiro atoms. The largest absolute Gasteiger partial charge is 0.391 e. The van der Waals surface area contributed by atoms with Crippen LogP contribution < -0.4 is 11.5 Å². The van der Waals surface area contributed by atoms with E-state index in [-0.39, 0.29) is 16.7 Å². The predicted molar refractivity (Wildman–Crippen MR) is 56.0 cm³/mol. The van der Waals surface area contributed by atoms with Crippen LogP contribution in [0.25, 0.3) is 11.0 Å². The molecular formula is C6H5N7O4. The van der Waals surface area contributed by atoms with Gasteiger partial charge in [0.25, 0.3) is 0 Å². The van der Waals surface area contributed by atoms with E-state index in [9.17, 15) is 20.2 Å². The second-order valence-corrected chi connectivity index (χ2v) is 3.06. The highest BCUT2D eigenvalue weighted by Gasteiger charge is 2.33. The van der Waals surface area contributed by atoms with Crippen LogP contribution in [0.15, 0.2) is 0 Å². The lowest BCUT2D eigenvalue weighted by atomic mass is 10.1. The summed E-state index contributed by atoms with van der Waals surface area (Å²) in [6, 6.07) is 0. The second kappa shape index (κ2) is 3.26. The molecule has 0 unspecified atom stereocenters. The Morgan fingerprint density at radius 2 is 1.47 bits per heavy atom. The Morgan fingerprint density at radius 1 is 0.941 bits per heavy atom. The molecule has 1 aromatic heterocycles. The van der Waals surface area contributed by atoms with Gasteiger partial charge in [-0.2, -0.15) is 10.3 Å². The zero-order valence-electron chi connectivity index (χ0n) is 8.08. The first-order valence-corrected chi connectivity index (χ1v) is 4.15. The number of anilines is 2. The molecule has 5 N–H and O–H groups in total. The van der Waals surface area contributed by atoms with E-state index in [0.717, 1.165) is 0 Å². The lowest BCUT2D eigenvalue weighted by Crippen LogP contribution is -2.05. The number of aromatic amines is 1. The highest BCUT2D eigenvalue weighted by atomic mass is 16.6. The van der Waals surface area contributed by atoms with Crippen LogP contribution in [0.3, 0.4) is 0 Å². The summed E-state index contributed by atoms with van der Waals surface area (Å²) in [6.45, 7) is 0. The summed E-state index contributed by atoms with van der Waals surface area (Å²) in [5.74, 6) is 0. The van der Waals surface area contributed by atoms with Gasteiger partial charge in [-0.15, -0.1) is 5.10 Å². The van der Waals surface area contributed by atoms with E-state index in [1.165, 1.54) is 0 Å². The van der Waals surface area contributed by atoms with Crippen LogP contribution in [-0.2, 0) is 0 Å². The lowest BCUT2D eigenvalue weighted by molar-refractivity contribution is -0.390. The Labute approximate surface area is 91.7 Å². The van der Waals surface area contributed by atoms with Gasteiger partial charge in [-0.3, -0.25) is 20.2 Å². The maximum atomic E-state index is 10.8. The number of nitrogens with one attached hydrogen (secondary N) is 1. The van der Waals surface area contributed by atoms with Gasteiger partial charge in [-0.25, -0.2) is 0 Å². The van der Waals surface area contributed by atoms with Crippen molar-refractivity contribution >= 4 is 33.8 Å². The Balaban J connectivity index is 3.02. The molecule has 17 heavy (non-hydrogen) atoms. The molecular weight excluding hydrogens is 234 g/mol. The third kappa shape index (κ3) is 1.29. The highest BCUT2D eigenvalue weighted by Crippen LogP contribution is 2.42. The molecule has 88 valence electrons. The summed E-state index contributed by atoms with van der Waals surface area (Å²) in [5, 5.41) is 30.7. The van der Waals surface area contributed by atoms with Crippen LogP contribution in [0.4, 0.5) is 22.7 Å². The van der Waals surface area contributed by atoms with Gasteiger partial charge in [0, 0.05) is 0 Å². The maximum Gasteiger partial charge on any atom is 0.328 e. The topological polar surface area (TPSA) is 180 Å². The van der Waals surface area contributed by atoms with Crippen molar-refractivity contribution in [3.63, 3.8) is 0 Å². The van der Waals surface area contributed by atoms with Crippen molar-refractivity contribution in [2.24, 2.45) is 0 Å². The van der Waals surface area contributed by atoms with Gasteiger partial charge < -0.3 is 11.5 Å². The fourth-order valence-corrected chi connectivity index (χ4v) is 1.46. The van der Waals surface area contributed by atoms with E-state index < -0.39 is 26.9 Å². The molecule has 0 aliphatic rings. The van der Waals surface area contributed by atoms with Gasteiger partial charge in [0.05, 0.1) is 9.85 Å². The number of nitrogens with two attached hydrogens (primary N) is 2. The summed E-state index contributed by atoms with van der Waals surface area (Å²) < 4.78 is 0. The Kier molecular flexibility index (Phi) is 2.02. The number of hydrogen-bond acceptors (Lipinski definition) is 8. The lowest BCUT2D eigenvalue weighted by Gasteiger charge is -2.02. The molecule has 0 atom stereocenters. The van der Waals surface area contributed by atoms with Gasteiger partial charge in [-0.05, 0) is 0 Å². The number of rotatable bonds is 2. The zero-order valence-corrected chi connectivity index (χ0v) is 8.08. The van der Waals surface area contributed by atoms with E-state index in [2.05, 4.69) is 15.4 Å². The first kappa shape index (κ1) is 10.5. The van der Waals surface area contributed by atoms with Gasteiger partial charge in [0.15, 0.2) is 11.2 Å². The summed E-state index contributed by atoms with van der Waals surface area (Å²) in [7, 11) is 0. The van der Waals surface area contributed by atoms with Crippen molar-refractivity contribution in [2.75, 3.05) is 11.5 Å². The SMILES string of the molecule is Nc1c([N+](=O)[O-])c(N)c2n[nH]nc2c1[N+](=O)[O-]. The Morgan fingerprint density at radius 3 is 2.00 bits per heavy atom. The molecule has 0 aliphatic heterocycles. The highest BCUT2D eigenvalue weighted by molar-refractivity contribution is 6.04. The average molecular weight is 239 g/mol. The van der Waals surface area contributed by atoms with Crippen molar-refractivity contribution in [2.45, 2.75) is 0 Å². The van der Waals surface area contributed by atoms with Crippen molar-refractivity contribution in [1.29, 1.82) is 0 Å². The number of nitrogens with zero attached hydrogens (tertiary/aromatic N) is 4. The van der Waals surface area contributed by atoms with Crippen molar-refractivity contribution in [3.05, 3.63) is 20.2 Å². The van der Waals surface area contributed by atoms with E-state index in [1.54, 1.807) is 0 Å². The van der Waals surface area contributed by atoms with Crippen molar-refractivity contribution < 1.29 is 9.85 Å². The van der Waals surface area contributed by atoms with Crippen LogP contribution in [0.1, 0.15) is 0 Å². The zero-order chi connectivity index (χ0) is 12.7. The summed E-state index contributed by atoms with van der Waals surface area (Å²) in [6.07, 6.45) is 0. The number of benzene rings is 1. The van der Waals surface area contributed by atoms with Crippen LogP contribution in [-0.4, -0.2) is 25.3 Å². The predicted octanol–water partition coefficient (Wildman–Crippen LogP) is -0.0613. The minimum Gasteiger partial charge on any atom is -0.391 e. The third-order valence-corrected chi connectivity index (χ3v) is 2.16. The molecule has 11 heteroatoms. The second-order valence-electron chi connectivity index (χ2n) is 3.06.